The van der Waals surface area contributed by atoms with Gasteiger partial charge in [0.2, 0.25) is 11.0 Å². The first-order chi connectivity index (χ1) is 14.6. The molecule has 6 nitrogen and oxygen atoms in total. The molecule has 4 rings (SSSR count). The molecule has 0 spiro atoms. The second kappa shape index (κ2) is 9.49. The molecule has 0 saturated carbocycles. The summed E-state index contributed by atoms with van der Waals surface area (Å²) in [5, 5.41) is 15.3. The van der Waals surface area contributed by atoms with Gasteiger partial charge in [0, 0.05) is 0 Å². The van der Waals surface area contributed by atoms with Crippen molar-refractivity contribution in [1.29, 1.82) is 0 Å². The maximum Gasteiger partial charge on any atom is 0.233 e. The zero-order valence-electron chi connectivity index (χ0n) is 16.9. The van der Waals surface area contributed by atoms with Crippen molar-refractivity contribution in [2.24, 2.45) is 0 Å². The predicted octanol–water partition coefficient (Wildman–Crippen LogP) is 4.96. The first-order valence-electron chi connectivity index (χ1n) is 9.92. The van der Waals surface area contributed by atoms with Crippen molar-refractivity contribution >= 4 is 39.8 Å². The summed E-state index contributed by atoms with van der Waals surface area (Å²) >= 11 is 2.85. The van der Waals surface area contributed by atoms with Crippen LogP contribution in [0, 0.1) is 0 Å². The molecule has 8 heteroatoms. The van der Waals surface area contributed by atoms with Crippen LogP contribution in [-0.2, 0) is 11.2 Å². The van der Waals surface area contributed by atoms with Gasteiger partial charge in [-0.2, -0.15) is 0 Å². The molecule has 0 radical (unpaired) electrons. The number of fused-ring (bicyclic) bond motifs is 1. The van der Waals surface area contributed by atoms with Crippen LogP contribution in [0.1, 0.15) is 36.9 Å². The van der Waals surface area contributed by atoms with Crippen molar-refractivity contribution in [3.8, 4) is 5.75 Å². The monoisotopic (exact) mass is 440 g/mol. The Bertz CT molecular complexity index is 1020. The van der Waals surface area contributed by atoms with E-state index in [0.717, 1.165) is 35.0 Å². The van der Waals surface area contributed by atoms with Crippen LogP contribution in [0.15, 0.2) is 52.9 Å². The molecule has 1 aliphatic rings. The molecule has 1 amide bonds. The smallest absolute Gasteiger partial charge is 0.233 e. The van der Waals surface area contributed by atoms with Gasteiger partial charge in [-0.15, -0.1) is 10.2 Å². The zero-order chi connectivity index (χ0) is 20.9. The van der Waals surface area contributed by atoms with Gasteiger partial charge in [0.1, 0.15) is 5.75 Å². The number of para-hydroxylation sites is 2. The first-order valence-corrected chi connectivity index (χ1v) is 11.6. The van der Waals surface area contributed by atoms with Crippen LogP contribution < -0.4 is 15.4 Å². The SMILES string of the molecule is COc1ccccc1Nc1nnc(S[C@@H](C)C(=O)N[C@H]2CCCc3ccccc32)s1. The van der Waals surface area contributed by atoms with Crippen molar-refractivity contribution in [2.45, 2.75) is 41.8 Å². The molecule has 2 atom stereocenters. The molecule has 2 N–H and O–H groups in total. The quantitative estimate of drug-likeness (QED) is 0.506. The maximum absolute atomic E-state index is 12.8. The Kier molecular flexibility index (Phi) is 6.54. The number of amides is 1. The second-order valence-corrected chi connectivity index (χ2v) is 9.68. The summed E-state index contributed by atoms with van der Waals surface area (Å²) in [7, 11) is 1.63. The molecule has 156 valence electrons. The van der Waals surface area contributed by atoms with E-state index in [4.69, 9.17) is 4.74 Å². The molecule has 0 saturated heterocycles. The summed E-state index contributed by atoms with van der Waals surface area (Å²) in [5.74, 6) is 0.763. The van der Waals surface area contributed by atoms with Gasteiger partial charge >= 0.3 is 0 Å². The molecule has 0 bridgehead atoms. The molecule has 0 aliphatic heterocycles. The van der Waals surface area contributed by atoms with Crippen molar-refractivity contribution in [3.05, 3.63) is 59.7 Å². The highest BCUT2D eigenvalue weighted by molar-refractivity contribution is 8.02. The third-order valence-corrected chi connectivity index (χ3v) is 7.11. The Morgan fingerprint density at radius 1 is 1.20 bits per heavy atom. The molecule has 1 aliphatic carbocycles. The number of nitrogens with zero attached hydrogens (tertiary/aromatic N) is 2. The number of methoxy groups -OCH3 is 1. The summed E-state index contributed by atoms with van der Waals surface area (Å²) in [6.45, 7) is 1.91. The van der Waals surface area contributed by atoms with Gasteiger partial charge in [0.05, 0.1) is 24.1 Å². The van der Waals surface area contributed by atoms with Crippen LogP contribution in [0.5, 0.6) is 5.75 Å². The van der Waals surface area contributed by atoms with Crippen molar-refractivity contribution in [1.82, 2.24) is 15.5 Å². The number of rotatable bonds is 7. The molecule has 0 fully saturated rings. The Morgan fingerprint density at radius 3 is 2.87 bits per heavy atom. The van der Waals surface area contributed by atoms with Gasteiger partial charge in [-0.3, -0.25) is 4.79 Å². The highest BCUT2D eigenvalue weighted by atomic mass is 32.2. The lowest BCUT2D eigenvalue weighted by atomic mass is 9.88. The van der Waals surface area contributed by atoms with E-state index in [1.807, 2.05) is 37.3 Å². The second-order valence-electron chi connectivity index (χ2n) is 7.11. The number of carbonyl (C=O) groups excluding carboxylic acids is 1. The van der Waals surface area contributed by atoms with E-state index < -0.39 is 0 Å². The lowest BCUT2D eigenvalue weighted by Crippen LogP contribution is -2.35. The number of nitrogens with one attached hydrogen (secondary N) is 2. The average Bonchev–Trinajstić information content (AvgIpc) is 3.21. The minimum Gasteiger partial charge on any atom is -0.495 e. The van der Waals surface area contributed by atoms with E-state index in [1.165, 1.54) is 34.2 Å². The van der Waals surface area contributed by atoms with Crippen LogP contribution in [0.2, 0.25) is 0 Å². The molecule has 1 heterocycles. The zero-order valence-corrected chi connectivity index (χ0v) is 18.6. The van der Waals surface area contributed by atoms with Gasteiger partial charge in [-0.05, 0) is 49.4 Å². The minimum absolute atomic E-state index is 0.0242. The molecule has 30 heavy (non-hydrogen) atoms. The molecular weight excluding hydrogens is 416 g/mol. The minimum atomic E-state index is -0.258. The van der Waals surface area contributed by atoms with Crippen molar-refractivity contribution in [2.75, 3.05) is 12.4 Å². The molecule has 2 aromatic carbocycles. The number of benzene rings is 2. The van der Waals surface area contributed by atoms with Crippen molar-refractivity contribution < 1.29 is 9.53 Å². The number of aromatic nitrogens is 2. The summed E-state index contributed by atoms with van der Waals surface area (Å²) in [4.78, 5) is 12.8. The highest BCUT2D eigenvalue weighted by Crippen LogP contribution is 2.34. The van der Waals surface area contributed by atoms with E-state index in [0.29, 0.717) is 5.13 Å². The number of anilines is 2. The van der Waals surface area contributed by atoms with Crippen LogP contribution in [-0.4, -0.2) is 28.5 Å². The summed E-state index contributed by atoms with van der Waals surface area (Å²) < 4.78 is 6.10. The highest BCUT2D eigenvalue weighted by Gasteiger charge is 2.24. The van der Waals surface area contributed by atoms with E-state index in [9.17, 15) is 4.79 Å². The number of carbonyl (C=O) groups is 1. The fourth-order valence-corrected chi connectivity index (χ4v) is 5.49. The van der Waals surface area contributed by atoms with Gasteiger partial charge in [-0.25, -0.2) is 0 Å². The van der Waals surface area contributed by atoms with Crippen LogP contribution in [0.4, 0.5) is 10.8 Å². The largest absolute Gasteiger partial charge is 0.495 e. The van der Waals surface area contributed by atoms with E-state index in [1.54, 1.807) is 7.11 Å². The fourth-order valence-electron chi connectivity index (χ4n) is 3.57. The fraction of sp³-hybridized carbons (Fsp3) is 0.318. The number of hydrogen-bond donors (Lipinski definition) is 2. The standard InChI is InChI=1S/C22H24N4O2S2/c1-14(20(27)23-17-12-7-9-15-8-3-4-10-16(15)17)29-22-26-25-21(30-22)24-18-11-5-6-13-19(18)28-2/h3-6,8,10-11,13-14,17H,7,9,12H2,1-2H3,(H,23,27)(H,24,25)/t14-,17-/m0/s1. The lowest BCUT2D eigenvalue weighted by molar-refractivity contribution is -0.121. The first kappa shape index (κ1) is 20.7. The predicted molar refractivity (Wildman–Crippen MR) is 122 cm³/mol. The van der Waals surface area contributed by atoms with E-state index in [2.05, 4.69) is 39.0 Å². The normalized spacial score (nSPS) is 16.4. The van der Waals surface area contributed by atoms with Crippen molar-refractivity contribution in [3.63, 3.8) is 0 Å². The van der Waals surface area contributed by atoms with Gasteiger partial charge < -0.3 is 15.4 Å². The Hall–Kier alpha value is -2.58. The summed E-state index contributed by atoms with van der Waals surface area (Å²) in [5.41, 5.74) is 3.41. The number of thioether (sulfide) groups is 1. The molecule has 0 unspecified atom stereocenters. The Labute approximate surface area is 184 Å². The summed E-state index contributed by atoms with van der Waals surface area (Å²) in [6, 6.07) is 16.1. The van der Waals surface area contributed by atoms with E-state index in [-0.39, 0.29) is 17.2 Å². The average molecular weight is 441 g/mol. The van der Waals surface area contributed by atoms with Crippen LogP contribution >= 0.6 is 23.1 Å². The Morgan fingerprint density at radius 2 is 2.00 bits per heavy atom. The van der Waals surface area contributed by atoms with Gasteiger partial charge in [0.25, 0.3) is 0 Å². The molecule has 3 aromatic rings. The number of ether oxygens (including phenoxy) is 1. The maximum atomic E-state index is 12.8. The van der Waals surface area contributed by atoms with Crippen LogP contribution in [0.3, 0.4) is 0 Å². The number of aryl methyl sites for hydroxylation is 1. The lowest BCUT2D eigenvalue weighted by Gasteiger charge is -2.27. The topological polar surface area (TPSA) is 76.1 Å². The summed E-state index contributed by atoms with van der Waals surface area (Å²) in [6.07, 6.45) is 3.16. The number of hydrogen-bond acceptors (Lipinski definition) is 7. The van der Waals surface area contributed by atoms with Gasteiger partial charge in [-0.1, -0.05) is 59.5 Å². The third kappa shape index (κ3) is 4.76. The third-order valence-electron chi connectivity index (χ3n) is 5.09. The molecule has 1 aromatic heterocycles. The van der Waals surface area contributed by atoms with Crippen LogP contribution in [0.25, 0.3) is 0 Å². The van der Waals surface area contributed by atoms with Gasteiger partial charge in [0.15, 0.2) is 4.34 Å². The molecular formula is C22H24N4O2S2. The van der Waals surface area contributed by atoms with E-state index >= 15 is 0 Å². The Balaban J connectivity index is 1.36.